The second-order valence-corrected chi connectivity index (χ2v) is 8.74. The van der Waals surface area contributed by atoms with Gasteiger partial charge in [-0.1, -0.05) is 18.2 Å². The highest BCUT2D eigenvalue weighted by molar-refractivity contribution is 9.10. The van der Waals surface area contributed by atoms with Crippen LogP contribution in [0.25, 0.3) is 28.7 Å². The van der Waals surface area contributed by atoms with E-state index in [1.54, 1.807) is 47.4 Å². The maximum Gasteiger partial charge on any atom is 0.331 e. The molecule has 0 radical (unpaired) electrons. The van der Waals surface area contributed by atoms with Gasteiger partial charge in [-0.2, -0.15) is 5.10 Å². The number of pyridine rings is 1. The van der Waals surface area contributed by atoms with E-state index in [0.717, 1.165) is 10.2 Å². The second kappa shape index (κ2) is 10.1. The van der Waals surface area contributed by atoms with Gasteiger partial charge in [0.15, 0.2) is 0 Å². The number of nitrogens with zero attached hydrogens (tertiary/aromatic N) is 4. The minimum Gasteiger partial charge on any atom is -0.456 e. The molecule has 3 heterocycles. The van der Waals surface area contributed by atoms with Gasteiger partial charge in [0.1, 0.15) is 18.1 Å². The fourth-order valence-corrected chi connectivity index (χ4v) is 3.94. The molecule has 3 aromatic heterocycles. The lowest BCUT2D eigenvalue weighted by molar-refractivity contribution is -0.139. The number of carbonyl (C=O) groups excluding carboxylic acids is 1. The smallest absolute Gasteiger partial charge is 0.331 e. The van der Waals surface area contributed by atoms with E-state index in [0.29, 0.717) is 28.2 Å². The van der Waals surface area contributed by atoms with Crippen molar-refractivity contribution in [1.29, 1.82) is 0 Å². The number of ether oxygens (including phenoxy) is 1. The monoisotopic (exact) mass is 544 g/mol. The van der Waals surface area contributed by atoms with Gasteiger partial charge >= 0.3 is 5.97 Å². The molecule has 178 valence electrons. The van der Waals surface area contributed by atoms with Crippen LogP contribution in [-0.2, 0) is 16.1 Å². The molecule has 36 heavy (non-hydrogen) atoms. The van der Waals surface area contributed by atoms with Gasteiger partial charge < -0.3 is 4.74 Å². The van der Waals surface area contributed by atoms with Crippen LogP contribution in [0.5, 0.6) is 0 Å². The number of hydrogen-bond acceptors (Lipinski definition) is 5. The summed E-state index contributed by atoms with van der Waals surface area (Å²) in [4.78, 5) is 29.1. The Hall–Kier alpha value is -4.37. The van der Waals surface area contributed by atoms with Crippen LogP contribution in [0, 0.1) is 5.82 Å². The van der Waals surface area contributed by atoms with Crippen LogP contribution in [-0.4, -0.2) is 25.1 Å². The molecule has 0 saturated heterocycles. The lowest BCUT2D eigenvalue weighted by Crippen LogP contribution is -2.16. The number of fused-ring (bicyclic) bond motifs is 1. The summed E-state index contributed by atoms with van der Waals surface area (Å²) in [6, 6.07) is 20.3. The molecule has 0 N–H and O–H groups in total. The molecular weight excluding hydrogens is 527 g/mol. The van der Waals surface area contributed by atoms with Crippen LogP contribution in [0.3, 0.4) is 0 Å². The third kappa shape index (κ3) is 5.16. The summed E-state index contributed by atoms with van der Waals surface area (Å²) < 4.78 is 22.6. The van der Waals surface area contributed by atoms with Crippen molar-refractivity contribution in [3.8, 4) is 16.9 Å². The maximum atomic E-state index is 13.5. The van der Waals surface area contributed by atoms with E-state index >= 15 is 0 Å². The van der Waals surface area contributed by atoms with Crippen molar-refractivity contribution >= 4 is 33.6 Å². The van der Waals surface area contributed by atoms with Crippen LogP contribution in [0.15, 0.2) is 101 Å². The normalized spacial score (nSPS) is 11.3. The zero-order valence-corrected chi connectivity index (χ0v) is 20.3. The molecule has 0 saturated carbocycles. The number of halogens is 2. The topological polar surface area (TPSA) is 78.5 Å². The minimum absolute atomic E-state index is 0.154. The average molecular weight is 545 g/mol. The first-order valence-corrected chi connectivity index (χ1v) is 11.7. The van der Waals surface area contributed by atoms with Gasteiger partial charge in [0.2, 0.25) is 0 Å². The molecule has 5 aromatic rings. The number of esters is 1. The highest BCUT2D eigenvalue weighted by Crippen LogP contribution is 2.25. The molecule has 9 heteroatoms. The molecule has 2 aromatic carbocycles. The lowest BCUT2D eigenvalue weighted by Gasteiger charge is -2.05. The zero-order valence-electron chi connectivity index (χ0n) is 18.7. The molecule has 5 rings (SSSR count). The summed E-state index contributed by atoms with van der Waals surface area (Å²) in [6.07, 6.45) is 6.28. The van der Waals surface area contributed by atoms with Crippen LogP contribution in [0.1, 0.15) is 11.3 Å². The number of aromatic nitrogens is 4. The predicted octanol–water partition coefficient (Wildman–Crippen LogP) is 5.21. The summed E-state index contributed by atoms with van der Waals surface area (Å²) in [5.74, 6) is -0.957. The first-order valence-electron chi connectivity index (χ1n) is 10.9. The number of benzene rings is 2. The molecule has 0 aliphatic heterocycles. The Morgan fingerprint density at radius 1 is 1.03 bits per heavy atom. The molecule has 0 unspecified atom stereocenters. The highest BCUT2D eigenvalue weighted by Gasteiger charge is 2.12. The van der Waals surface area contributed by atoms with E-state index in [9.17, 15) is 14.0 Å². The first-order chi connectivity index (χ1) is 17.5. The van der Waals surface area contributed by atoms with Crippen molar-refractivity contribution in [3.05, 3.63) is 123 Å². The number of carbonyl (C=O) groups is 1. The highest BCUT2D eigenvalue weighted by atomic mass is 79.9. The van der Waals surface area contributed by atoms with Crippen molar-refractivity contribution in [3.63, 3.8) is 0 Å². The third-order valence-electron chi connectivity index (χ3n) is 5.32. The van der Waals surface area contributed by atoms with Crippen molar-refractivity contribution in [2.24, 2.45) is 0 Å². The number of para-hydroxylation sites is 1. The molecule has 0 spiro atoms. The fraction of sp³-hybridized carbons (Fsp3) is 0.0370. The quantitative estimate of drug-likeness (QED) is 0.217. The van der Waals surface area contributed by atoms with Gasteiger partial charge in [0, 0.05) is 40.1 Å². The molecule has 0 aliphatic rings. The minimum atomic E-state index is -0.606. The number of hydrogen-bond donors (Lipinski definition) is 0. The van der Waals surface area contributed by atoms with Crippen molar-refractivity contribution in [2.45, 2.75) is 6.61 Å². The van der Waals surface area contributed by atoms with E-state index in [-0.39, 0.29) is 18.0 Å². The summed E-state index contributed by atoms with van der Waals surface area (Å²) in [5, 5.41) is 4.64. The van der Waals surface area contributed by atoms with Gasteiger partial charge in [0.25, 0.3) is 5.56 Å². The molecule has 0 amide bonds. The molecule has 0 fully saturated rings. The largest absolute Gasteiger partial charge is 0.456 e. The lowest BCUT2D eigenvalue weighted by atomic mass is 10.1. The number of rotatable bonds is 6. The summed E-state index contributed by atoms with van der Waals surface area (Å²) in [6.45, 7) is -0.154. The Morgan fingerprint density at radius 2 is 1.81 bits per heavy atom. The predicted molar refractivity (Wildman–Crippen MR) is 137 cm³/mol. The van der Waals surface area contributed by atoms with Gasteiger partial charge in [-0.15, -0.1) is 0 Å². The maximum absolute atomic E-state index is 13.5. The van der Waals surface area contributed by atoms with E-state index in [1.165, 1.54) is 28.7 Å². The third-order valence-corrected chi connectivity index (χ3v) is 5.79. The first kappa shape index (κ1) is 23.4. The average Bonchev–Trinajstić information content (AvgIpc) is 3.32. The molecule has 0 aliphatic carbocycles. The van der Waals surface area contributed by atoms with E-state index < -0.39 is 5.97 Å². The van der Waals surface area contributed by atoms with Gasteiger partial charge in [-0.05, 0) is 70.5 Å². The SMILES string of the molecule is O=C(/C=C/c1cn(-c2ccccc2)nc1-c1ccc(F)cc1)OCc1cc(=O)n2cc(Br)ccc2n1. The Morgan fingerprint density at radius 3 is 2.58 bits per heavy atom. The van der Waals surface area contributed by atoms with Crippen LogP contribution in [0.4, 0.5) is 4.39 Å². The van der Waals surface area contributed by atoms with Crippen molar-refractivity contribution < 1.29 is 13.9 Å². The summed E-state index contributed by atoms with van der Waals surface area (Å²) in [5.41, 5.74) is 3.28. The Bertz CT molecular complexity index is 1640. The second-order valence-electron chi connectivity index (χ2n) is 7.82. The van der Waals surface area contributed by atoms with E-state index in [1.807, 2.05) is 30.3 Å². The molecular formula is C27H18BrFN4O3. The molecule has 7 nitrogen and oxygen atoms in total. The molecule has 0 bridgehead atoms. The van der Waals surface area contributed by atoms with Crippen molar-refractivity contribution in [2.75, 3.05) is 0 Å². The Balaban J connectivity index is 1.37. The standard InChI is InChI=1S/C27H18BrFN4O3/c28-20-9-12-24-30-22(14-25(34)32(24)16-20)17-36-26(35)13-8-19-15-33(23-4-2-1-3-5-23)31-27(19)18-6-10-21(29)11-7-18/h1-16H,17H2/b13-8+. The summed E-state index contributed by atoms with van der Waals surface area (Å²) >= 11 is 3.32. The van der Waals surface area contributed by atoms with Crippen molar-refractivity contribution in [1.82, 2.24) is 19.2 Å². The van der Waals surface area contributed by atoms with Crippen LogP contribution in [0.2, 0.25) is 0 Å². The Kier molecular flexibility index (Phi) is 6.55. The van der Waals surface area contributed by atoms with Crippen LogP contribution < -0.4 is 5.56 Å². The Labute approximate surface area is 213 Å². The van der Waals surface area contributed by atoms with Gasteiger partial charge in [-0.25, -0.2) is 18.9 Å². The van der Waals surface area contributed by atoms with E-state index in [4.69, 9.17) is 4.74 Å². The van der Waals surface area contributed by atoms with E-state index in [2.05, 4.69) is 26.0 Å². The van der Waals surface area contributed by atoms with Gasteiger partial charge in [0.05, 0.1) is 17.1 Å². The summed E-state index contributed by atoms with van der Waals surface area (Å²) in [7, 11) is 0. The van der Waals surface area contributed by atoms with Crippen LogP contribution >= 0.6 is 15.9 Å². The molecule has 0 atom stereocenters. The fourth-order valence-electron chi connectivity index (χ4n) is 3.61. The zero-order chi connectivity index (χ0) is 25.1. The van der Waals surface area contributed by atoms with Gasteiger partial charge in [-0.3, -0.25) is 9.20 Å².